The topological polar surface area (TPSA) is 55.8 Å². The Bertz CT molecular complexity index is 1400. The smallest absolute Gasteiger partial charge is 0.399 e. The van der Waals surface area contributed by atoms with Gasteiger partial charge < -0.3 is 14.2 Å². The van der Waals surface area contributed by atoms with Crippen LogP contribution in [0, 0.1) is 5.92 Å². The maximum Gasteiger partial charge on any atom is 0.494 e. The molecule has 1 aliphatic carbocycles. The summed E-state index contributed by atoms with van der Waals surface area (Å²) < 4.78 is 39.5. The maximum absolute atomic E-state index is 13.5. The van der Waals surface area contributed by atoms with E-state index in [0.717, 1.165) is 17.6 Å². The number of para-hydroxylation sites is 1. The van der Waals surface area contributed by atoms with E-state index in [2.05, 4.69) is 11.0 Å². The van der Waals surface area contributed by atoms with Gasteiger partial charge in [0.1, 0.15) is 0 Å². The molecule has 35 heavy (non-hydrogen) atoms. The maximum atomic E-state index is 13.5. The van der Waals surface area contributed by atoms with Crippen molar-refractivity contribution in [2.24, 2.45) is 5.92 Å². The Kier molecular flexibility index (Phi) is 5.02. The van der Waals surface area contributed by atoms with Crippen LogP contribution in [0.15, 0.2) is 76.5 Å². The molecule has 7 heteroatoms. The van der Waals surface area contributed by atoms with Crippen molar-refractivity contribution < 1.29 is 17.7 Å². The molecular formula is C28H30BNO4S. The predicted molar refractivity (Wildman–Crippen MR) is 139 cm³/mol. The fourth-order valence-electron chi connectivity index (χ4n) is 4.90. The standard InChI is InChI=1S/C28H30BNO4S/c1-27(2)28(3,4)34-29(33-27)21-12-14-22(15-13-21)30-23-7-5-6-8-25(23)35(31,32)26-16-11-20(18-24(26)30)17-19-9-10-19/h5-8,11-16,18-19H,9-10,17H2,1-4H3. The number of hydrogen-bond acceptors (Lipinski definition) is 5. The van der Waals surface area contributed by atoms with Gasteiger partial charge >= 0.3 is 7.12 Å². The summed E-state index contributed by atoms with van der Waals surface area (Å²) in [5.74, 6) is 0.716. The molecule has 2 fully saturated rings. The Morgan fingerprint density at radius 1 is 0.857 bits per heavy atom. The Hall–Kier alpha value is -2.61. The number of rotatable bonds is 4. The van der Waals surface area contributed by atoms with Crippen molar-refractivity contribution in [1.29, 1.82) is 0 Å². The van der Waals surface area contributed by atoms with Crippen molar-refractivity contribution in [3.63, 3.8) is 0 Å². The normalized spacial score (nSPS) is 21.5. The molecule has 2 heterocycles. The first-order valence-electron chi connectivity index (χ1n) is 12.3. The third-order valence-electron chi connectivity index (χ3n) is 7.85. The average molecular weight is 487 g/mol. The molecule has 3 aromatic rings. The van der Waals surface area contributed by atoms with Gasteiger partial charge in [-0.3, -0.25) is 0 Å². The molecule has 180 valence electrons. The van der Waals surface area contributed by atoms with Gasteiger partial charge in [-0.1, -0.05) is 30.3 Å². The van der Waals surface area contributed by atoms with E-state index in [0.29, 0.717) is 27.1 Å². The second-order valence-electron chi connectivity index (χ2n) is 10.9. The van der Waals surface area contributed by atoms with Crippen LogP contribution in [-0.2, 0) is 25.6 Å². The quantitative estimate of drug-likeness (QED) is 0.353. The highest BCUT2D eigenvalue weighted by atomic mass is 32.2. The summed E-state index contributed by atoms with van der Waals surface area (Å²) in [7, 11) is -4.04. The van der Waals surface area contributed by atoms with Gasteiger partial charge in [-0.2, -0.15) is 0 Å². The van der Waals surface area contributed by atoms with Gasteiger partial charge in [0, 0.05) is 5.69 Å². The van der Waals surface area contributed by atoms with Gasteiger partial charge in [0.2, 0.25) is 9.84 Å². The number of sulfone groups is 1. The first-order chi connectivity index (χ1) is 16.6. The summed E-state index contributed by atoms with van der Waals surface area (Å²) in [5.41, 5.74) is 3.59. The minimum absolute atomic E-state index is 0.331. The molecule has 0 unspecified atom stereocenters. The molecular weight excluding hydrogens is 457 g/mol. The van der Waals surface area contributed by atoms with Crippen LogP contribution in [0.3, 0.4) is 0 Å². The number of hydrogen-bond donors (Lipinski definition) is 0. The number of benzene rings is 3. The molecule has 0 atom stereocenters. The fraction of sp³-hybridized carbons (Fsp3) is 0.357. The molecule has 3 aliphatic rings. The molecule has 5 nitrogen and oxygen atoms in total. The minimum atomic E-state index is -3.60. The van der Waals surface area contributed by atoms with Crippen LogP contribution in [-0.4, -0.2) is 26.7 Å². The van der Waals surface area contributed by atoms with Crippen molar-refractivity contribution in [1.82, 2.24) is 0 Å². The first kappa shape index (κ1) is 22.8. The highest BCUT2D eigenvalue weighted by molar-refractivity contribution is 7.92. The van der Waals surface area contributed by atoms with Crippen molar-refractivity contribution in [2.45, 2.75) is 68.0 Å². The van der Waals surface area contributed by atoms with E-state index >= 15 is 0 Å². The molecule has 0 radical (unpaired) electrons. The Balaban J connectivity index is 1.43. The lowest BCUT2D eigenvalue weighted by Gasteiger charge is -2.33. The molecule has 3 aromatic carbocycles. The lowest BCUT2D eigenvalue weighted by molar-refractivity contribution is 0.00578. The van der Waals surface area contributed by atoms with Gasteiger partial charge in [-0.05, 0) is 100 Å². The number of anilines is 3. The fourth-order valence-corrected chi connectivity index (χ4v) is 6.50. The summed E-state index contributed by atoms with van der Waals surface area (Å²) in [6, 6.07) is 21.1. The second kappa shape index (κ2) is 7.69. The van der Waals surface area contributed by atoms with Gasteiger partial charge in [0.05, 0.1) is 32.4 Å². The van der Waals surface area contributed by atoms with Crippen LogP contribution in [0.5, 0.6) is 0 Å². The molecule has 0 bridgehead atoms. The van der Waals surface area contributed by atoms with Crippen LogP contribution in [0.25, 0.3) is 0 Å². The zero-order chi connectivity index (χ0) is 24.6. The highest BCUT2D eigenvalue weighted by Crippen LogP contribution is 2.48. The van der Waals surface area contributed by atoms with Crippen molar-refractivity contribution >= 4 is 39.5 Å². The number of nitrogens with zero attached hydrogens (tertiary/aromatic N) is 1. The summed E-state index contributed by atoms with van der Waals surface area (Å²) in [6.45, 7) is 8.18. The van der Waals surface area contributed by atoms with E-state index in [4.69, 9.17) is 9.31 Å². The van der Waals surface area contributed by atoms with E-state index in [1.54, 1.807) is 18.2 Å². The predicted octanol–water partition coefficient (Wildman–Crippen LogP) is 5.55. The Morgan fingerprint density at radius 3 is 2.14 bits per heavy atom. The van der Waals surface area contributed by atoms with E-state index in [9.17, 15) is 8.42 Å². The van der Waals surface area contributed by atoms with Crippen molar-refractivity contribution in [3.8, 4) is 0 Å². The largest absolute Gasteiger partial charge is 0.494 e. The van der Waals surface area contributed by atoms with E-state index in [1.807, 2.05) is 70.2 Å². The lowest BCUT2D eigenvalue weighted by atomic mass is 9.79. The van der Waals surface area contributed by atoms with E-state index < -0.39 is 28.2 Å². The molecule has 0 N–H and O–H groups in total. The summed E-state index contributed by atoms with van der Waals surface area (Å²) in [4.78, 5) is 2.75. The van der Waals surface area contributed by atoms with Gasteiger partial charge in [-0.25, -0.2) is 8.42 Å². The number of fused-ring (bicyclic) bond motifs is 2. The summed E-state index contributed by atoms with van der Waals surface area (Å²) >= 11 is 0. The third kappa shape index (κ3) is 3.72. The molecule has 0 amide bonds. The molecule has 0 aromatic heterocycles. The van der Waals surface area contributed by atoms with Crippen molar-refractivity contribution in [3.05, 3.63) is 72.3 Å². The molecule has 0 spiro atoms. The molecule has 1 saturated carbocycles. The van der Waals surface area contributed by atoms with Crippen LogP contribution >= 0.6 is 0 Å². The molecule has 1 saturated heterocycles. The zero-order valence-electron chi connectivity index (χ0n) is 20.6. The molecule has 2 aliphatic heterocycles. The lowest BCUT2D eigenvalue weighted by Crippen LogP contribution is -2.41. The first-order valence-corrected chi connectivity index (χ1v) is 13.8. The second-order valence-corrected chi connectivity index (χ2v) is 12.8. The zero-order valence-corrected chi connectivity index (χ0v) is 21.4. The SMILES string of the molecule is CC1(C)OB(c2ccc(N3c4ccccc4S(=O)(=O)c4ccc(CC5CC5)cc43)cc2)OC1(C)C. The summed E-state index contributed by atoms with van der Waals surface area (Å²) in [5, 5.41) is 0. The average Bonchev–Trinajstić information content (AvgIpc) is 3.59. The summed E-state index contributed by atoms with van der Waals surface area (Å²) in [6.07, 6.45) is 3.49. The van der Waals surface area contributed by atoms with Crippen LogP contribution in [0.4, 0.5) is 17.1 Å². The Labute approximate surface area is 208 Å². The monoisotopic (exact) mass is 487 g/mol. The highest BCUT2D eigenvalue weighted by Gasteiger charge is 2.51. The minimum Gasteiger partial charge on any atom is -0.399 e. The van der Waals surface area contributed by atoms with Gasteiger partial charge in [0.25, 0.3) is 0 Å². The third-order valence-corrected chi connectivity index (χ3v) is 9.70. The van der Waals surface area contributed by atoms with Crippen molar-refractivity contribution in [2.75, 3.05) is 4.90 Å². The van der Waals surface area contributed by atoms with E-state index in [-0.39, 0.29) is 0 Å². The Morgan fingerprint density at radius 2 is 1.49 bits per heavy atom. The van der Waals surface area contributed by atoms with Crippen LogP contribution < -0.4 is 10.4 Å². The van der Waals surface area contributed by atoms with Crippen LogP contribution in [0.1, 0.15) is 46.1 Å². The van der Waals surface area contributed by atoms with Gasteiger partial charge in [0.15, 0.2) is 0 Å². The van der Waals surface area contributed by atoms with Gasteiger partial charge in [-0.15, -0.1) is 0 Å². The molecule has 6 rings (SSSR count). The van der Waals surface area contributed by atoms with Crippen LogP contribution in [0.2, 0.25) is 0 Å². The van der Waals surface area contributed by atoms with E-state index in [1.165, 1.54) is 18.4 Å².